The average molecular weight is 313 g/mol. The molecule has 0 N–H and O–H groups in total. The van der Waals surface area contributed by atoms with Crippen molar-refractivity contribution in [1.29, 1.82) is 0 Å². The minimum atomic E-state index is -0.253. The van der Waals surface area contributed by atoms with E-state index in [4.69, 9.17) is 4.74 Å². The first-order valence-electron chi connectivity index (χ1n) is 7.45. The van der Waals surface area contributed by atoms with Crippen LogP contribution in [0, 0.1) is 0 Å². The summed E-state index contributed by atoms with van der Waals surface area (Å²) in [4.78, 5) is 16.0. The van der Waals surface area contributed by atoms with Gasteiger partial charge >= 0.3 is 5.97 Å². The Morgan fingerprint density at radius 2 is 1.91 bits per heavy atom. The Hall–Kier alpha value is -1.94. The highest BCUT2D eigenvalue weighted by atomic mass is 32.2. The average Bonchev–Trinajstić information content (AvgIpc) is 2.51. The molecule has 1 atom stereocenters. The fraction of sp³-hybridized carbons (Fsp3) is 0.278. The maximum atomic E-state index is 11.2. The van der Waals surface area contributed by atoms with Gasteiger partial charge < -0.3 is 9.64 Å². The van der Waals surface area contributed by atoms with Crippen molar-refractivity contribution < 1.29 is 9.53 Å². The topological polar surface area (TPSA) is 29.5 Å². The van der Waals surface area contributed by atoms with E-state index < -0.39 is 0 Å². The normalized spacial score (nSPS) is 14.0. The summed E-state index contributed by atoms with van der Waals surface area (Å²) < 4.78 is 5.30. The number of fused-ring (bicyclic) bond motifs is 2. The Morgan fingerprint density at radius 3 is 2.64 bits per heavy atom. The molecule has 0 radical (unpaired) electrons. The lowest BCUT2D eigenvalue weighted by atomic mass is 10.1. The number of anilines is 2. The maximum Gasteiger partial charge on any atom is 0.303 e. The van der Waals surface area contributed by atoms with E-state index in [1.54, 1.807) is 11.8 Å². The summed E-state index contributed by atoms with van der Waals surface area (Å²) >= 11 is 1.79. The molecule has 0 bridgehead atoms. The van der Waals surface area contributed by atoms with Crippen LogP contribution in [-0.4, -0.2) is 12.5 Å². The first-order chi connectivity index (χ1) is 10.6. The monoisotopic (exact) mass is 313 g/mol. The van der Waals surface area contributed by atoms with Crippen molar-refractivity contribution in [3.05, 3.63) is 48.0 Å². The number of ether oxygens (including phenoxy) is 1. The summed E-state index contributed by atoms with van der Waals surface area (Å²) in [5, 5.41) is 0. The molecule has 1 aliphatic rings. The van der Waals surface area contributed by atoms with Crippen LogP contribution in [0.4, 0.5) is 11.4 Å². The molecule has 0 saturated heterocycles. The van der Waals surface area contributed by atoms with Crippen molar-refractivity contribution in [2.24, 2.45) is 0 Å². The predicted molar refractivity (Wildman–Crippen MR) is 89.9 cm³/mol. The molecular formula is C18H19NO2S. The molecule has 114 valence electrons. The molecule has 1 heterocycles. The summed E-state index contributed by atoms with van der Waals surface area (Å²) in [7, 11) is 0. The molecule has 22 heavy (non-hydrogen) atoms. The second-order valence-corrected chi connectivity index (χ2v) is 6.38. The van der Waals surface area contributed by atoms with Crippen LogP contribution in [0.25, 0.3) is 0 Å². The molecule has 0 unspecified atom stereocenters. The van der Waals surface area contributed by atoms with Gasteiger partial charge in [-0.25, -0.2) is 0 Å². The standard InChI is InChI=1S/C18H19NO2S/c1-4-19-15-7-5-6-8-17(15)22-18-10-9-14(11-16(18)19)12(2)21-13(3)20/h5-12H,4H2,1-3H3/t12-/m0/s1. The van der Waals surface area contributed by atoms with Crippen LogP contribution in [0.3, 0.4) is 0 Å². The van der Waals surface area contributed by atoms with Gasteiger partial charge in [-0.15, -0.1) is 0 Å². The van der Waals surface area contributed by atoms with Crippen LogP contribution >= 0.6 is 11.8 Å². The lowest BCUT2D eigenvalue weighted by Crippen LogP contribution is -2.20. The second-order valence-electron chi connectivity index (χ2n) is 5.29. The number of benzene rings is 2. The van der Waals surface area contributed by atoms with Crippen molar-refractivity contribution in [2.75, 3.05) is 11.4 Å². The minimum Gasteiger partial charge on any atom is -0.458 e. The van der Waals surface area contributed by atoms with Gasteiger partial charge in [0.2, 0.25) is 0 Å². The molecule has 2 aromatic carbocycles. The van der Waals surface area contributed by atoms with E-state index in [9.17, 15) is 4.79 Å². The van der Waals surface area contributed by atoms with E-state index in [0.29, 0.717) is 0 Å². The van der Waals surface area contributed by atoms with Gasteiger partial charge in [0.1, 0.15) is 6.10 Å². The predicted octanol–water partition coefficient (Wildman–Crippen LogP) is 4.93. The van der Waals surface area contributed by atoms with E-state index in [1.165, 1.54) is 28.1 Å². The Morgan fingerprint density at radius 1 is 1.18 bits per heavy atom. The number of carbonyl (C=O) groups is 1. The van der Waals surface area contributed by atoms with E-state index in [2.05, 4.69) is 48.2 Å². The lowest BCUT2D eigenvalue weighted by Gasteiger charge is -2.32. The number of nitrogens with zero attached hydrogens (tertiary/aromatic N) is 1. The van der Waals surface area contributed by atoms with Gasteiger partial charge in [0.15, 0.2) is 0 Å². The molecule has 3 nitrogen and oxygen atoms in total. The molecule has 3 rings (SSSR count). The molecule has 0 spiro atoms. The molecule has 4 heteroatoms. The molecule has 0 fully saturated rings. The zero-order valence-electron chi connectivity index (χ0n) is 13.0. The van der Waals surface area contributed by atoms with E-state index in [1.807, 2.05) is 13.0 Å². The molecule has 2 aromatic rings. The van der Waals surface area contributed by atoms with Crippen LogP contribution in [-0.2, 0) is 9.53 Å². The number of esters is 1. The Labute approximate surface area is 135 Å². The number of carbonyl (C=O) groups excluding carboxylic acids is 1. The van der Waals surface area contributed by atoms with Crippen LogP contribution in [0.2, 0.25) is 0 Å². The lowest BCUT2D eigenvalue weighted by molar-refractivity contribution is -0.145. The van der Waals surface area contributed by atoms with Crippen molar-refractivity contribution in [2.45, 2.75) is 36.7 Å². The SMILES string of the molecule is CCN1c2ccccc2Sc2ccc([C@H](C)OC(C)=O)cc21. The van der Waals surface area contributed by atoms with E-state index >= 15 is 0 Å². The zero-order valence-corrected chi connectivity index (χ0v) is 13.8. The molecule has 1 aliphatic heterocycles. The Kier molecular flexibility index (Phi) is 4.12. The highest BCUT2D eigenvalue weighted by molar-refractivity contribution is 7.99. The van der Waals surface area contributed by atoms with Gasteiger partial charge in [0.25, 0.3) is 0 Å². The van der Waals surface area contributed by atoms with Gasteiger partial charge in [0, 0.05) is 23.3 Å². The summed E-state index contributed by atoms with van der Waals surface area (Å²) in [6, 6.07) is 14.7. The van der Waals surface area contributed by atoms with Crippen molar-refractivity contribution in [1.82, 2.24) is 0 Å². The van der Waals surface area contributed by atoms with Crippen molar-refractivity contribution in [3.63, 3.8) is 0 Å². The van der Waals surface area contributed by atoms with Crippen LogP contribution in [0.1, 0.15) is 32.4 Å². The quantitative estimate of drug-likeness (QED) is 0.751. The fourth-order valence-corrected chi connectivity index (χ4v) is 3.83. The summed E-state index contributed by atoms with van der Waals surface area (Å²) in [5.41, 5.74) is 3.44. The van der Waals surface area contributed by atoms with E-state index in [-0.39, 0.29) is 12.1 Å². The highest BCUT2D eigenvalue weighted by Gasteiger charge is 2.23. The summed E-state index contributed by atoms with van der Waals surface area (Å²) in [6.07, 6.45) is -0.233. The first-order valence-corrected chi connectivity index (χ1v) is 8.27. The van der Waals surface area contributed by atoms with Crippen molar-refractivity contribution in [3.8, 4) is 0 Å². The van der Waals surface area contributed by atoms with Gasteiger partial charge in [-0.3, -0.25) is 4.79 Å². The summed E-state index contributed by atoms with van der Waals surface area (Å²) in [5.74, 6) is -0.253. The fourth-order valence-electron chi connectivity index (χ4n) is 2.76. The number of para-hydroxylation sites is 1. The maximum absolute atomic E-state index is 11.2. The van der Waals surface area contributed by atoms with Crippen molar-refractivity contribution >= 4 is 29.1 Å². The Bertz CT molecular complexity index is 714. The van der Waals surface area contributed by atoms with Gasteiger partial charge in [0.05, 0.1) is 11.4 Å². The van der Waals surface area contributed by atoms with Crippen LogP contribution in [0.15, 0.2) is 52.3 Å². The van der Waals surface area contributed by atoms with Gasteiger partial charge in [-0.2, -0.15) is 0 Å². The number of hydrogen-bond donors (Lipinski definition) is 0. The Balaban J connectivity index is 2.01. The zero-order chi connectivity index (χ0) is 15.7. The number of rotatable bonds is 3. The second kappa shape index (κ2) is 6.05. The molecule has 0 saturated carbocycles. The molecule has 0 aliphatic carbocycles. The summed E-state index contributed by atoms with van der Waals surface area (Å²) in [6.45, 7) is 6.40. The van der Waals surface area contributed by atoms with Crippen LogP contribution < -0.4 is 4.90 Å². The van der Waals surface area contributed by atoms with E-state index in [0.717, 1.165) is 12.1 Å². The molecule has 0 amide bonds. The largest absolute Gasteiger partial charge is 0.458 e. The van der Waals surface area contributed by atoms with Gasteiger partial charge in [-0.1, -0.05) is 30.0 Å². The third kappa shape index (κ3) is 2.71. The first kappa shape index (κ1) is 15.0. The van der Waals surface area contributed by atoms with Crippen LogP contribution in [0.5, 0.6) is 0 Å². The smallest absolute Gasteiger partial charge is 0.303 e. The highest BCUT2D eigenvalue weighted by Crippen LogP contribution is 2.48. The molecular weight excluding hydrogens is 294 g/mol. The minimum absolute atomic E-state index is 0.233. The third-order valence-electron chi connectivity index (χ3n) is 3.78. The van der Waals surface area contributed by atoms with Gasteiger partial charge in [-0.05, 0) is 43.7 Å². The number of hydrogen-bond acceptors (Lipinski definition) is 4. The molecule has 0 aromatic heterocycles. The third-order valence-corrected chi connectivity index (χ3v) is 4.91.